The molecule has 2 aliphatic rings. The van der Waals surface area contributed by atoms with Gasteiger partial charge >= 0.3 is 0 Å². The molecule has 1 amide bonds. The van der Waals surface area contributed by atoms with Gasteiger partial charge in [0, 0.05) is 24.6 Å². The van der Waals surface area contributed by atoms with E-state index in [4.69, 9.17) is 4.52 Å². The number of amides is 1. The van der Waals surface area contributed by atoms with Crippen LogP contribution in [-0.2, 0) is 23.2 Å². The molecule has 142 valence electrons. The van der Waals surface area contributed by atoms with E-state index in [1.807, 2.05) is 41.3 Å². The predicted octanol–water partition coefficient (Wildman–Crippen LogP) is 4.32. The highest BCUT2D eigenvalue weighted by Crippen LogP contribution is 2.53. The molecule has 0 saturated carbocycles. The summed E-state index contributed by atoms with van der Waals surface area (Å²) in [5.41, 5.74) is 2.81. The Morgan fingerprint density at radius 2 is 1.82 bits per heavy atom. The molecule has 0 N–H and O–H groups in total. The Balaban J connectivity index is 1.60. The zero-order valence-corrected chi connectivity index (χ0v) is 16.0. The van der Waals surface area contributed by atoms with Crippen molar-refractivity contribution in [1.82, 2.24) is 10.1 Å². The molecule has 0 bridgehead atoms. The Morgan fingerprint density at radius 3 is 2.57 bits per heavy atom. The number of piperidine rings is 1. The lowest BCUT2D eigenvalue weighted by atomic mass is 9.56. The van der Waals surface area contributed by atoms with Crippen LogP contribution in [-0.4, -0.2) is 22.5 Å². The molecule has 1 saturated heterocycles. The van der Waals surface area contributed by atoms with Gasteiger partial charge in [0.15, 0.2) is 0 Å². The molecule has 4 nitrogen and oxygen atoms in total. The first-order valence-corrected chi connectivity index (χ1v) is 10.0. The first kappa shape index (κ1) is 17.2. The van der Waals surface area contributed by atoms with Gasteiger partial charge in [-0.25, -0.2) is 0 Å². The number of carbonyl (C=O) groups is 1. The summed E-state index contributed by atoms with van der Waals surface area (Å²) in [5.74, 6) is 1.59. The van der Waals surface area contributed by atoms with Crippen molar-refractivity contribution in [2.24, 2.45) is 5.92 Å². The molecule has 1 unspecified atom stereocenters. The van der Waals surface area contributed by atoms with Gasteiger partial charge in [-0.15, -0.1) is 0 Å². The van der Waals surface area contributed by atoms with Crippen LogP contribution in [0.3, 0.4) is 0 Å². The lowest BCUT2D eigenvalue weighted by molar-refractivity contribution is -0.146. The molecule has 1 aliphatic heterocycles. The fraction of sp³-hybridized carbons (Fsp3) is 0.333. The molecule has 3 atom stereocenters. The second-order valence-corrected chi connectivity index (χ2v) is 8.13. The quantitative estimate of drug-likeness (QED) is 0.688. The third-order valence-corrected chi connectivity index (χ3v) is 6.68. The van der Waals surface area contributed by atoms with E-state index in [1.54, 1.807) is 6.20 Å². The van der Waals surface area contributed by atoms with Crippen molar-refractivity contribution in [2.45, 2.75) is 37.6 Å². The SMILES string of the molecule is C[C@@H]1c2oncc2CC2(c3ccccc3)C(=O)N(Cc3ccccc3)CC[C@@H]12. The maximum Gasteiger partial charge on any atom is 0.234 e. The number of hydrogen-bond donors (Lipinski definition) is 0. The van der Waals surface area contributed by atoms with E-state index in [2.05, 4.69) is 36.3 Å². The van der Waals surface area contributed by atoms with Gasteiger partial charge in [-0.2, -0.15) is 0 Å². The Labute approximate surface area is 165 Å². The summed E-state index contributed by atoms with van der Waals surface area (Å²) in [5, 5.41) is 4.05. The van der Waals surface area contributed by atoms with Crippen LogP contribution < -0.4 is 0 Å². The number of nitrogens with zero attached hydrogens (tertiary/aromatic N) is 2. The molecular weight excluding hydrogens is 348 g/mol. The van der Waals surface area contributed by atoms with Crippen molar-refractivity contribution < 1.29 is 9.32 Å². The monoisotopic (exact) mass is 372 g/mol. The van der Waals surface area contributed by atoms with Crippen molar-refractivity contribution in [3.05, 3.63) is 89.3 Å². The average molecular weight is 372 g/mol. The largest absolute Gasteiger partial charge is 0.361 e. The van der Waals surface area contributed by atoms with E-state index in [-0.39, 0.29) is 17.7 Å². The van der Waals surface area contributed by atoms with Gasteiger partial charge in [0.25, 0.3) is 0 Å². The number of aromatic nitrogens is 1. The summed E-state index contributed by atoms with van der Waals surface area (Å²) in [7, 11) is 0. The van der Waals surface area contributed by atoms with Crippen LogP contribution in [0.5, 0.6) is 0 Å². The highest BCUT2D eigenvalue weighted by molar-refractivity contribution is 5.90. The standard InChI is InChI=1S/C24H24N2O2/c1-17-21-12-13-26(16-18-8-4-2-5-9-18)23(27)24(21,20-10-6-3-7-11-20)14-19-15-25-28-22(17)19/h2-11,15,17,21H,12-14,16H2,1H3/t17-,21-,24?/m0/s1. The van der Waals surface area contributed by atoms with Crippen LogP contribution in [0.15, 0.2) is 71.4 Å². The van der Waals surface area contributed by atoms with E-state index >= 15 is 0 Å². The van der Waals surface area contributed by atoms with E-state index in [1.165, 1.54) is 5.56 Å². The predicted molar refractivity (Wildman–Crippen MR) is 107 cm³/mol. The van der Waals surface area contributed by atoms with Crippen LogP contribution in [0.1, 0.15) is 41.7 Å². The van der Waals surface area contributed by atoms with Crippen molar-refractivity contribution in [3.8, 4) is 0 Å². The average Bonchev–Trinajstić information content (AvgIpc) is 3.21. The van der Waals surface area contributed by atoms with Crippen molar-refractivity contribution in [1.29, 1.82) is 0 Å². The van der Waals surface area contributed by atoms with Crippen molar-refractivity contribution in [3.63, 3.8) is 0 Å². The second kappa shape index (κ2) is 6.62. The van der Waals surface area contributed by atoms with Crippen LogP contribution in [0.2, 0.25) is 0 Å². The van der Waals surface area contributed by atoms with Crippen LogP contribution in [0, 0.1) is 5.92 Å². The van der Waals surface area contributed by atoms with Gasteiger partial charge in [0.2, 0.25) is 5.91 Å². The van der Waals surface area contributed by atoms with E-state index in [0.717, 1.165) is 29.9 Å². The summed E-state index contributed by atoms with van der Waals surface area (Å²) in [6.45, 7) is 3.62. The summed E-state index contributed by atoms with van der Waals surface area (Å²) < 4.78 is 5.58. The fourth-order valence-electron chi connectivity index (χ4n) is 5.36. The highest BCUT2D eigenvalue weighted by Gasteiger charge is 2.57. The Hall–Kier alpha value is -2.88. The van der Waals surface area contributed by atoms with E-state index < -0.39 is 5.41 Å². The normalized spacial score (nSPS) is 26.6. The van der Waals surface area contributed by atoms with E-state index in [0.29, 0.717) is 13.0 Å². The summed E-state index contributed by atoms with van der Waals surface area (Å²) in [4.78, 5) is 16.1. The minimum Gasteiger partial charge on any atom is -0.361 e. The van der Waals surface area contributed by atoms with Crippen molar-refractivity contribution >= 4 is 5.91 Å². The molecular formula is C24H24N2O2. The third-order valence-electron chi connectivity index (χ3n) is 6.68. The van der Waals surface area contributed by atoms with Gasteiger partial charge in [-0.3, -0.25) is 4.79 Å². The topological polar surface area (TPSA) is 46.3 Å². The molecule has 3 aromatic rings. The maximum atomic E-state index is 14.0. The highest BCUT2D eigenvalue weighted by atomic mass is 16.5. The molecule has 5 rings (SSSR count). The fourth-order valence-corrected chi connectivity index (χ4v) is 5.36. The van der Waals surface area contributed by atoms with Crippen molar-refractivity contribution in [2.75, 3.05) is 6.54 Å². The molecule has 4 heteroatoms. The van der Waals surface area contributed by atoms with E-state index in [9.17, 15) is 4.79 Å². The first-order valence-electron chi connectivity index (χ1n) is 10.0. The Kier molecular flexibility index (Phi) is 4.08. The molecule has 0 spiro atoms. The van der Waals surface area contributed by atoms with Gasteiger partial charge in [-0.05, 0) is 29.9 Å². The Morgan fingerprint density at radius 1 is 1.11 bits per heavy atom. The molecule has 1 fully saturated rings. The molecule has 28 heavy (non-hydrogen) atoms. The number of fused-ring (bicyclic) bond motifs is 2. The zero-order chi connectivity index (χ0) is 19.1. The first-order chi connectivity index (χ1) is 13.7. The minimum absolute atomic E-state index is 0.175. The number of rotatable bonds is 3. The lowest BCUT2D eigenvalue weighted by Gasteiger charge is -2.51. The smallest absolute Gasteiger partial charge is 0.234 e. The van der Waals surface area contributed by atoms with Gasteiger partial charge < -0.3 is 9.42 Å². The summed E-state index contributed by atoms with van der Waals surface area (Å²) in [6.07, 6.45) is 3.43. The van der Waals surface area contributed by atoms with Crippen LogP contribution in [0.4, 0.5) is 0 Å². The zero-order valence-electron chi connectivity index (χ0n) is 16.0. The second-order valence-electron chi connectivity index (χ2n) is 8.13. The number of carbonyl (C=O) groups excluding carboxylic acids is 1. The summed E-state index contributed by atoms with van der Waals surface area (Å²) >= 11 is 0. The third kappa shape index (κ3) is 2.51. The number of likely N-dealkylation sites (tertiary alicyclic amines) is 1. The van der Waals surface area contributed by atoms with Gasteiger partial charge in [-0.1, -0.05) is 72.7 Å². The van der Waals surface area contributed by atoms with Crippen LogP contribution >= 0.6 is 0 Å². The number of hydrogen-bond acceptors (Lipinski definition) is 3. The molecule has 1 aromatic heterocycles. The lowest BCUT2D eigenvalue weighted by Crippen LogP contribution is -2.59. The minimum atomic E-state index is -0.549. The molecule has 2 heterocycles. The van der Waals surface area contributed by atoms with Crippen LogP contribution in [0.25, 0.3) is 0 Å². The number of benzene rings is 2. The molecule has 2 aromatic carbocycles. The summed E-state index contributed by atoms with van der Waals surface area (Å²) in [6, 6.07) is 20.6. The Bertz CT molecular complexity index is 982. The van der Waals surface area contributed by atoms with Gasteiger partial charge in [0.1, 0.15) is 5.76 Å². The van der Waals surface area contributed by atoms with Gasteiger partial charge in [0.05, 0.1) is 11.6 Å². The maximum absolute atomic E-state index is 14.0. The molecule has 0 radical (unpaired) electrons. The molecule has 1 aliphatic carbocycles.